The molecule has 5 heteroatoms. The molecule has 0 aliphatic heterocycles. The molecule has 0 atom stereocenters. The lowest BCUT2D eigenvalue weighted by Gasteiger charge is -2.21. The molecule has 0 aromatic heterocycles. The van der Waals surface area contributed by atoms with Crippen LogP contribution in [0.25, 0.3) is 0 Å². The number of carbonyl (C=O) groups is 2. The Balaban J connectivity index is 3.76. The first-order chi connectivity index (χ1) is 9.10. The fraction of sp³-hybridized carbons (Fsp3) is 0.857. The topological polar surface area (TPSA) is 69.6 Å². The Morgan fingerprint density at radius 2 is 1.53 bits per heavy atom. The van der Waals surface area contributed by atoms with Crippen molar-refractivity contribution in [2.24, 2.45) is 0 Å². The fourth-order valence-corrected chi connectivity index (χ4v) is 1.82. The molecule has 0 fully saturated rings. The Hall–Kier alpha value is -1.10. The first kappa shape index (κ1) is 17.9. The second-order valence-corrected chi connectivity index (χ2v) is 4.82. The van der Waals surface area contributed by atoms with Gasteiger partial charge in [0.15, 0.2) is 0 Å². The van der Waals surface area contributed by atoms with Crippen LogP contribution in [0.5, 0.6) is 0 Å². The van der Waals surface area contributed by atoms with E-state index in [1.54, 1.807) is 0 Å². The average Bonchev–Trinajstić information content (AvgIpc) is 2.38. The zero-order chi connectivity index (χ0) is 14.5. The summed E-state index contributed by atoms with van der Waals surface area (Å²) in [5, 5.41) is 10.8. The molecule has 0 aromatic carbocycles. The molecule has 0 saturated carbocycles. The molecule has 2 N–H and O–H groups in total. The largest absolute Gasteiger partial charge is 0.480 e. The van der Waals surface area contributed by atoms with Gasteiger partial charge >= 0.3 is 5.97 Å². The Morgan fingerprint density at radius 3 is 2.00 bits per heavy atom. The number of unbranched alkanes of at least 4 members (excludes halogenated alkanes) is 2. The lowest BCUT2D eigenvalue weighted by atomic mass is 10.2. The molecule has 0 bridgehead atoms. The molecule has 0 aliphatic carbocycles. The van der Waals surface area contributed by atoms with Gasteiger partial charge in [0.1, 0.15) is 6.54 Å². The first-order valence-corrected chi connectivity index (χ1v) is 7.31. The van der Waals surface area contributed by atoms with Crippen LogP contribution in [0.3, 0.4) is 0 Å². The second-order valence-electron chi connectivity index (χ2n) is 4.82. The molecule has 0 rings (SSSR count). The third-order valence-corrected chi connectivity index (χ3v) is 2.97. The summed E-state index contributed by atoms with van der Waals surface area (Å²) in [5.74, 6) is -1.17. The van der Waals surface area contributed by atoms with Crippen LogP contribution in [-0.2, 0) is 9.59 Å². The lowest BCUT2D eigenvalue weighted by molar-refractivity contribution is -0.137. The van der Waals surface area contributed by atoms with E-state index in [0.717, 1.165) is 26.1 Å². The van der Waals surface area contributed by atoms with E-state index < -0.39 is 5.97 Å². The van der Waals surface area contributed by atoms with E-state index in [0.29, 0.717) is 6.42 Å². The number of amides is 1. The summed E-state index contributed by atoms with van der Waals surface area (Å²) in [6, 6.07) is 0. The standard InChI is InChI=1S/C14H28N2O3/c1-3-5-9-16(10-6-4-2)11-7-8-13(17)15-12-14(18)19/h3-12H2,1-2H3,(H,15,17)(H,18,19). The molecule has 5 nitrogen and oxygen atoms in total. The molecule has 0 heterocycles. The Labute approximate surface area is 116 Å². The fourth-order valence-electron chi connectivity index (χ4n) is 1.82. The Kier molecular flexibility index (Phi) is 11.3. The number of hydrogen-bond acceptors (Lipinski definition) is 3. The Bertz CT molecular complexity index is 249. The maximum Gasteiger partial charge on any atom is 0.322 e. The van der Waals surface area contributed by atoms with E-state index in [4.69, 9.17) is 5.11 Å². The predicted molar refractivity (Wildman–Crippen MR) is 76.1 cm³/mol. The highest BCUT2D eigenvalue weighted by Gasteiger charge is 2.07. The van der Waals surface area contributed by atoms with Crippen LogP contribution in [-0.4, -0.2) is 48.1 Å². The van der Waals surface area contributed by atoms with Crippen LogP contribution in [0.4, 0.5) is 0 Å². The average molecular weight is 272 g/mol. The molecule has 0 unspecified atom stereocenters. The van der Waals surface area contributed by atoms with Crippen molar-refractivity contribution in [3.05, 3.63) is 0 Å². The molecule has 1 amide bonds. The van der Waals surface area contributed by atoms with Crippen molar-refractivity contribution in [1.29, 1.82) is 0 Å². The van der Waals surface area contributed by atoms with Crippen LogP contribution in [0, 0.1) is 0 Å². The second kappa shape index (κ2) is 12.0. The van der Waals surface area contributed by atoms with Crippen LogP contribution in [0.1, 0.15) is 52.4 Å². The Morgan fingerprint density at radius 1 is 1.00 bits per heavy atom. The van der Waals surface area contributed by atoms with Gasteiger partial charge in [0, 0.05) is 6.42 Å². The zero-order valence-electron chi connectivity index (χ0n) is 12.3. The summed E-state index contributed by atoms with van der Waals surface area (Å²) in [7, 11) is 0. The molecule has 0 radical (unpaired) electrons. The van der Waals surface area contributed by atoms with E-state index in [2.05, 4.69) is 24.1 Å². The molecule has 0 aliphatic rings. The highest BCUT2D eigenvalue weighted by atomic mass is 16.4. The molecule has 0 saturated heterocycles. The third-order valence-electron chi connectivity index (χ3n) is 2.97. The predicted octanol–water partition coefficient (Wildman–Crippen LogP) is 1.87. The van der Waals surface area contributed by atoms with Gasteiger partial charge in [-0.1, -0.05) is 26.7 Å². The molecule has 0 spiro atoms. The van der Waals surface area contributed by atoms with Gasteiger partial charge in [-0.15, -0.1) is 0 Å². The lowest BCUT2D eigenvalue weighted by Crippen LogP contribution is -2.31. The normalized spacial score (nSPS) is 10.7. The van der Waals surface area contributed by atoms with Gasteiger partial charge in [0.25, 0.3) is 0 Å². The minimum atomic E-state index is -0.999. The maximum absolute atomic E-state index is 11.4. The van der Waals surface area contributed by atoms with Crippen molar-refractivity contribution < 1.29 is 14.7 Å². The summed E-state index contributed by atoms with van der Waals surface area (Å²) >= 11 is 0. The molecular formula is C14H28N2O3. The van der Waals surface area contributed by atoms with E-state index in [1.165, 1.54) is 25.7 Å². The van der Waals surface area contributed by atoms with Gasteiger partial charge in [0.05, 0.1) is 0 Å². The molecule has 0 aromatic rings. The summed E-state index contributed by atoms with van der Waals surface area (Å²) < 4.78 is 0. The number of nitrogens with one attached hydrogen (secondary N) is 1. The summed E-state index contributed by atoms with van der Waals surface area (Å²) in [6.45, 7) is 7.17. The van der Waals surface area contributed by atoms with E-state index >= 15 is 0 Å². The van der Waals surface area contributed by atoms with Gasteiger partial charge in [-0.25, -0.2) is 0 Å². The van der Waals surface area contributed by atoms with Crippen LogP contribution < -0.4 is 5.32 Å². The highest BCUT2D eigenvalue weighted by molar-refractivity contribution is 5.80. The number of carbonyl (C=O) groups excluding carboxylic acids is 1. The SMILES string of the molecule is CCCCN(CCCC)CCCC(=O)NCC(=O)O. The van der Waals surface area contributed by atoms with Gasteiger partial charge in [-0.2, -0.15) is 0 Å². The number of carboxylic acid groups (broad SMARTS) is 1. The van der Waals surface area contributed by atoms with Gasteiger partial charge in [-0.05, 0) is 38.9 Å². The van der Waals surface area contributed by atoms with Crippen molar-refractivity contribution >= 4 is 11.9 Å². The van der Waals surface area contributed by atoms with Crippen molar-refractivity contribution in [3.8, 4) is 0 Å². The number of rotatable bonds is 12. The van der Waals surface area contributed by atoms with E-state index in [1.807, 2.05) is 0 Å². The molecular weight excluding hydrogens is 244 g/mol. The molecule has 112 valence electrons. The third kappa shape index (κ3) is 11.7. The smallest absolute Gasteiger partial charge is 0.322 e. The minimum absolute atomic E-state index is 0.173. The van der Waals surface area contributed by atoms with Gasteiger partial charge in [0.2, 0.25) is 5.91 Å². The highest BCUT2D eigenvalue weighted by Crippen LogP contribution is 2.02. The monoisotopic (exact) mass is 272 g/mol. The number of carboxylic acids is 1. The van der Waals surface area contributed by atoms with Crippen molar-refractivity contribution in [1.82, 2.24) is 10.2 Å². The summed E-state index contributed by atoms with van der Waals surface area (Å²) in [6.07, 6.45) is 5.94. The zero-order valence-corrected chi connectivity index (χ0v) is 12.3. The first-order valence-electron chi connectivity index (χ1n) is 7.31. The quantitative estimate of drug-likeness (QED) is 0.569. The van der Waals surface area contributed by atoms with E-state index in [-0.39, 0.29) is 12.5 Å². The van der Waals surface area contributed by atoms with Gasteiger partial charge < -0.3 is 15.3 Å². The number of nitrogens with zero attached hydrogens (tertiary/aromatic N) is 1. The van der Waals surface area contributed by atoms with Crippen molar-refractivity contribution in [2.75, 3.05) is 26.2 Å². The van der Waals surface area contributed by atoms with Crippen LogP contribution >= 0.6 is 0 Å². The van der Waals surface area contributed by atoms with Crippen LogP contribution in [0.15, 0.2) is 0 Å². The van der Waals surface area contributed by atoms with Gasteiger partial charge in [-0.3, -0.25) is 9.59 Å². The maximum atomic E-state index is 11.4. The number of hydrogen-bond donors (Lipinski definition) is 2. The minimum Gasteiger partial charge on any atom is -0.480 e. The number of aliphatic carboxylic acids is 1. The van der Waals surface area contributed by atoms with E-state index in [9.17, 15) is 9.59 Å². The van der Waals surface area contributed by atoms with Crippen LogP contribution in [0.2, 0.25) is 0 Å². The van der Waals surface area contributed by atoms with Crippen molar-refractivity contribution in [2.45, 2.75) is 52.4 Å². The summed E-state index contributed by atoms with van der Waals surface area (Å²) in [5.41, 5.74) is 0. The van der Waals surface area contributed by atoms with Crippen molar-refractivity contribution in [3.63, 3.8) is 0 Å². The molecule has 19 heavy (non-hydrogen) atoms. The summed E-state index contributed by atoms with van der Waals surface area (Å²) in [4.78, 5) is 24.1.